The fraction of sp³-hybridized carbons (Fsp3) is 0.769. The lowest BCUT2D eigenvalue weighted by Crippen LogP contribution is -2.39. The third-order valence-electron chi connectivity index (χ3n) is 4.67. The van der Waals surface area contributed by atoms with Crippen molar-refractivity contribution in [2.24, 2.45) is 7.05 Å². The predicted molar refractivity (Wildman–Crippen MR) is 80.3 cm³/mol. The maximum absolute atomic E-state index is 13.0. The van der Waals surface area contributed by atoms with Gasteiger partial charge in [-0.15, -0.1) is 0 Å². The number of anilines is 1. The summed E-state index contributed by atoms with van der Waals surface area (Å²) in [4.78, 5) is 2.59. The third kappa shape index (κ3) is 2.45. The molecule has 2 aliphatic heterocycles. The third-order valence-corrected chi connectivity index (χ3v) is 6.70. The first kappa shape index (κ1) is 14.8. The first-order chi connectivity index (χ1) is 9.91. The Labute approximate surface area is 125 Å². The number of rotatable bonds is 2. The van der Waals surface area contributed by atoms with Gasteiger partial charge in [-0.3, -0.25) is 9.58 Å². The molecule has 2 fully saturated rings. The first-order valence-electron chi connectivity index (χ1n) is 7.44. The van der Waals surface area contributed by atoms with Gasteiger partial charge < -0.3 is 5.73 Å². The highest BCUT2D eigenvalue weighted by atomic mass is 32.2. The highest BCUT2D eigenvalue weighted by Crippen LogP contribution is 2.29. The van der Waals surface area contributed by atoms with Gasteiger partial charge in [-0.2, -0.15) is 9.40 Å². The minimum absolute atomic E-state index is 0.0996. The van der Waals surface area contributed by atoms with Crippen LogP contribution in [-0.4, -0.2) is 59.6 Å². The molecule has 2 saturated heterocycles. The molecule has 3 rings (SSSR count). The summed E-state index contributed by atoms with van der Waals surface area (Å²) in [6.45, 7) is 4.94. The number of sulfonamides is 1. The molecule has 1 aromatic heterocycles. The predicted octanol–water partition coefficient (Wildman–Crippen LogP) is 0.170. The second kappa shape index (κ2) is 5.26. The summed E-state index contributed by atoms with van der Waals surface area (Å²) in [5, 5.41) is 4.04. The van der Waals surface area contributed by atoms with Crippen LogP contribution in [0.15, 0.2) is 4.90 Å². The minimum Gasteiger partial charge on any atom is -0.381 e. The summed E-state index contributed by atoms with van der Waals surface area (Å²) >= 11 is 0. The Morgan fingerprint density at radius 1 is 1.24 bits per heavy atom. The summed E-state index contributed by atoms with van der Waals surface area (Å²) in [6, 6.07) is 0.348. The fourth-order valence-electron chi connectivity index (χ4n) is 3.45. The van der Waals surface area contributed by atoms with Crippen LogP contribution in [0.3, 0.4) is 0 Å². The minimum atomic E-state index is -3.57. The van der Waals surface area contributed by atoms with Crippen molar-refractivity contribution in [1.82, 2.24) is 19.0 Å². The Balaban J connectivity index is 1.94. The van der Waals surface area contributed by atoms with E-state index in [4.69, 9.17) is 5.73 Å². The number of hydrogen-bond acceptors (Lipinski definition) is 5. The van der Waals surface area contributed by atoms with Crippen LogP contribution in [0.4, 0.5) is 5.82 Å². The second-order valence-electron chi connectivity index (χ2n) is 5.97. The van der Waals surface area contributed by atoms with Crippen molar-refractivity contribution < 1.29 is 8.42 Å². The van der Waals surface area contributed by atoms with E-state index in [0.29, 0.717) is 24.8 Å². The highest BCUT2D eigenvalue weighted by molar-refractivity contribution is 7.89. The number of aromatic nitrogens is 2. The average Bonchev–Trinajstić information content (AvgIpc) is 2.87. The SMILES string of the molecule is Cc1c(S(=O)(=O)N2CCCN3CCCC3C2)c(N)nn1C. The molecule has 1 aromatic rings. The molecule has 0 saturated carbocycles. The lowest BCUT2D eigenvalue weighted by Gasteiger charge is -2.25. The van der Waals surface area contributed by atoms with Gasteiger partial charge in [-0.25, -0.2) is 8.42 Å². The largest absolute Gasteiger partial charge is 0.381 e. The molecule has 0 spiro atoms. The topological polar surface area (TPSA) is 84.5 Å². The molecule has 0 radical (unpaired) electrons. The van der Waals surface area contributed by atoms with Gasteiger partial charge in [-0.05, 0) is 39.3 Å². The molecule has 0 amide bonds. The lowest BCUT2D eigenvalue weighted by atomic mass is 10.2. The number of aryl methyl sites for hydroxylation is 1. The maximum atomic E-state index is 13.0. The van der Waals surface area contributed by atoms with Crippen LogP contribution in [0, 0.1) is 6.92 Å². The van der Waals surface area contributed by atoms with Crippen molar-refractivity contribution >= 4 is 15.8 Å². The van der Waals surface area contributed by atoms with Crippen LogP contribution < -0.4 is 5.73 Å². The Bertz CT molecular complexity index is 639. The molecular weight excluding hydrogens is 290 g/mol. The van der Waals surface area contributed by atoms with Crippen LogP contribution in [-0.2, 0) is 17.1 Å². The first-order valence-corrected chi connectivity index (χ1v) is 8.88. The quantitative estimate of drug-likeness (QED) is 0.841. The van der Waals surface area contributed by atoms with Gasteiger partial charge >= 0.3 is 0 Å². The molecule has 2 N–H and O–H groups in total. The van der Waals surface area contributed by atoms with Crippen molar-refractivity contribution in [1.29, 1.82) is 0 Å². The van der Waals surface area contributed by atoms with E-state index in [1.54, 1.807) is 18.3 Å². The van der Waals surface area contributed by atoms with Gasteiger partial charge in [0.15, 0.2) is 5.82 Å². The van der Waals surface area contributed by atoms with Gasteiger partial charge in [0.2, 0.25) is 10.0 Å². The van der Waals surface area contributed by atoms with Gasteiger partial charge in [0.25, 0.3) is 0 Å². The number of nitrogen functional groups attached to an aromatic ring is 1. The smallest absolute Gasteiger partial charge is 0.248 e. The van der Waals surface area contributed by atoms with E-state index in [2.05, 4.69) is 10.00 Å². The molecule has 7 nitrogen and oxygen atoms in total. The van der Waals surface area contributed by atoms with Crippen LogP contribution in [0.25, 0.3) is 0 Å². The number of nitrogens with two attached hydrogens (primary N) is 1. The Morgan fingerprint density at radius 3 is 2.62 bits per heavy atom. The Morgan fingerprint density at radius 2 is 1.95 bits per heavy atom. The number of hydrogen-bond donors (Lipinski definition) is 1. The van der Waals surface area contributed by atoms with Crippen molar-refractivity contribution in [3.8, 4) is 0 Å². The van der Waals surface area contributed by atoms with Crippen molar-refractivity contribution in [2.45, 2.75) is 37.1 Å². The van der Waals surface area contributed by atoms with Crippen molar-refractivity contribution in [2.75, 3.05) is 31.9 Å². The molecule has 118 valence electrons. The van der Waals surface area contributed by atoms with E-state index >= 15 is 0 Å². The van der Waals surface area contributed by atoms with Gasteiger partial charge in [0, 0.05) is 26.2 Å². The zero-order valence-corrected chi connectivity index (χ0v) is 13.4. The van der Waals surface area contributed by atoms with E-state index in [1.807, 2.05) is 0 Å². The number of fused-ring (bicyclic) bond motifs is 1. The maximum Gasteiger partial charge on any atom is 0.248 e. The highest BCUT2D eigenvalue weighted by Gasteiger charge is 2.36. The zero-order chi connectivity index (χ0) is 15.2. The van der Waals surface area contributed by atoms with E-state index in [0.717, 1.165) is 32.4 Å². The molecule has 0 aromatic carbocycles. The van der Waals surface area contributed by atoms with E-state index in [1.165, 1.54) is 4.68 Å². The Hall–Kier alpha value is -1.12. The molecule has 3 heterocycles. The van der Waals surface area contributed by atoms with Crippen LogP contribution in [0.1, 0.15) is 25.0 Å². The normalized spacial score (nSPS) is 25.0. The van der Waals surface area contributed by atoms with Crippen molar-refractivity contribution in [3.05, 3.63) is 5.69 Å². The fourth-order valence-corrected chi connectivity index (χ4v) is 5.26. The standard InChI is InChI=1S/C13H23N5O2S/c1-10-12(13(14)15-16(10)2)21(19,20)18-8-4-7-17-6-3-5-11(17)9-18/h11H,3-9H2,1-2H3,(H2,14,15). The second-order valence-corrected chi connectivity index (χ2v) is 7.85. The summed E-state index contributed by atoms with van der Waals surface area (Å²) in [6.07, 6.45) is 3.11. The molecule has 21 heavy (non-hydrogen) atoms. The average molecular weight is 313 g/mol. The van der Waals surface area contributed by atoms with Crippen LogP contribution >= 0.6 is 0 Å². The van der Waals surface area contributed by atoms with Crippen molar-refractivity contribution in [3.63, 3.8) is 0 Å². The lowest BCUT2D eigenvalue weighted by molar-refractivity contribution is 0.257. The van der Waals surface area contributed by atoms with Gasteiger partial charge in [-0.1, -0.05) is 0 Å². The van der Waals surface area contributed by atoms with E-state index in [9.17, 15) is 8.42 Å². The summed E-state index contributed by atoms with van der Waals surface area (Å²) in [5.41, 5.74) is 6.43. The monoisotopic (exact) mass is 313 g/mol. The molecule has 1 atom stereocenters. The number of nitrogens with zero attached hydrogens (tertiary/aromatic N) is 4. The summed E-state index contributed by atoms with van der Waals surface area (Å²) < 4.78 is 29.0. The molecule has 0 aliphatic carbocycles. The molecular formula is C13H23N5O2S. The van der Waals surface area contributed by atoms with Gasteiger partial charge in [0.1, 0.15) is 4.90 Å². The van der Waals surface area contributed by atoms with E-state index < -0.39 is 10.0 Å². The molecule has 0 bridgehead atoms. The van der Waals surface area contributed by atoms with Crippen LogP contribution in [0.2, 0.25) is 0 Å². The van der Waals surface area contributed by atoms with Crippen LogP contribution in [0.5, 0.6) is 0 Å². The molecule has 1 unspecified atom stereocenters. The summed E-state index contributed by atoms with van der Waals surface area (Å²) in [7, 11) is -1.85. The Kier molecular flexibility index (Phi) is 3.71. The molecule has 2 aliphatic rings. The van der Waals surface area contributed by atoms with Gasteiger partial charge in [0.05, 0.1) is 5.69 Å². The molecule has 8 heteroatoms. The zero-order valence-electron chi connectivity index (χ0n) is 12.6. The summed E-state index contributed by atoms with van der Waals surface area (Å²) in [5.74, 6) is 0.0996. The van der Waals surface area contributed by atoms with E-state index in [-0.39, 0.29) is 10.7 Å².